The molecule has 4 rings (SSSR count). The number of hydrogen-bond acceptors (Lipinski definition) is 5. The molecule has 0 radical (unpaired) electrons. The van der Waals surface area contributed by atoms with Crippen LogP contribution in [0.2, 0.25) is 5.02 Å². The van der Waals surface area contributed by atoms with Crippen molar-refractivity contribution in [2.45, 2.75) is 6.54 Å². The average molecular weight is 442 g/mol. The molecule has 0 atom stereocenters. The fraction of sp³-hybridized carbons (Fsp3) is 0.0952. The fourth-order valence-corrected chi connectivity index (χ4v) is 4.03. The molecular weight excluding hydrogens is 426 g/mol. The third kappa shape index (κ3) is 3.74. The number of hydrogen-bond donors (Lipinski definition) is 1. The van der Waals surface area contributed by atoms with Crippen LogP contribution < -0.4 is 21.3 Å². The first-order chi connectivity index (χ1) is 14.5. The maximum absolute atomic E-state index is 13.2. The molecule has 2 aromatic carbocycles. The molecule has 7 nitrogen and oxygen atoms in total. The Labute approximate surface area is 179 Å². The molecule has 2 heterocycles. The molecule has 0 saturated carbocycles. The third-order valence-electron chi connectivity index (χ3n) is 4.52. The Balaban J connectivity index is 1.73. The number of thiophene rings is 1. The van der Waals surface area contributed by atoms with E-state index in [1.54, 1.807) is 67.1 Å². The van der Waals surface area contributed by atoms with Crippen LogP contribution in [-0.2, 0) is 11.3 Å². The third-order valence-corrected chi connectivity index (χ3v) is 5.66. The standard InChI is InChI=1S/C21H16ClN3O4S/c1-29-16-8-4-14(5-9-16)23-18(26)12-24-17-10-11-30-19(17)20(27)25(21(24)28)15-6-2-13(22)3-7-15/h2-11H,12H2,1H3,(H,23,26). The first-order valence-corrected chi connectivity index (χ1v) is 10.2. The van der Waals surface area contributed by atoms with Gasteiger partial charge >= 0.3 is 5.69 Å². The van der Waals surface area contributed by atoms with Gasteiger partial charge < -0.3 is 10.1 Å². The predicted molar refractivity (Wildman–Crippen MR) is 118 cm³/mol. The monoisotopic (exact) mass is 441 g/mol. The van der Waals surface area contributed by atoms with Crippen LogP contribution in [-0.4, -0.2) is 22.2 Å². The Bertz CT molecular complexity index is 1340. The topological polar surface area (TPSA) is 82.3 Å². The van der Waals surface area contributed by atoms with Crippen molar-refractivity contribution in [1.29, 1.82) is 0 Å². The maximum Gasteiger partial charge on any atom is 0.336 e. The van der Waals surface area contributed by atoms with E-state index in [0.29, 0.717) is 32.4 Å². The molecule has 1 N–H and O–H groups in total. The summed E-state index contributed by atoms with van der Waals surface area (Å²) in [7, 11) is 1.56. The number of nitrogens with one attached hydrogen (secondary N) is 1. The van der Waals surface area contributed by atoms with Gasteiger partial charge in [0.25, 0.3) is 5.56 Å². The molecule has 0 spiro atoms. The van der Waals surface area contributed by atoms with Gasteiger partial charge in [-0.3, -0.25) is 14.2 Å². The molecule has 0 fully saturated rings. The summed E-state index contributed by atoms with van der Waals surface area (Å²) in [5.41, 5.74) is 0.345. The van der Waals surface area contributed by atoms with Crippen molar-refractivity contribution in [3.8, 4) is 11.4 Å². The van der Waals surface area contributed by atoms with E-state index in [-0.39, 0.29) is 6.54 Å². The first-order valence-electron chi connectivity index (χ1n) is 8.91. The number of halogens is 1. The summed E-state index contributed by atoms with van der Waals surface area (Å²) < 4.78 is 7.84. The number of anilines is 1. The number of rotatable bonds is 5. The summed E-state index contributed by atoms with van der Waals surface area (Å²) in [6.07, 6.45) is 0. The van der Waals surface area contributed by atoms with E-state index in [1.807, 2.05) is 0 Å². The molecular formula is C21H16ClN3O4S. The summed E-state index contributed by atoms with van der Waals surface area (Å²) in [6.45, 7) is -0.244. The quantitative estimate of drug-likeness (QED) is 0.513. The van der Waals surface area contributed by atoms with E-state index < -0.39 is 17.2 Å². The Kier molecular flexibility index (Phi) is 5.43. The van der Waals surface area contributed by atoms with Crippen LogP contribution in [0.4, 0.5) is 5.69 Å². The lowest BCUT2D eigenvalue weighted by Crippen LogP contribution is -2.40. The zero-order valence-electron chi connectivity index (χ0n) is 15.8. The molecule has 0 bridgehead atoms. The normalized spacial score (nSPS) is 10.9. The van der Waals surface area contributed by atoms with Crippen molar-refractivity contribution in [2.75, 3.05) is 12.4 Å². The van der Waals surface area contributed by atoms with Crippen LogP contribution in [0.15, 0.2) is 69.6 Å². The van der Waals surface area contributed by atoms with E-state index in [1.165, 1.54) is 15.9 Å². The van der Waals surface area contributed by atoms with Gasteiger partial charge in [-0.1, -0.05) is 11.6 Å². The largest absolute Gasteiger partial charge is 0.497 e. The van der Waals surface area contributed by atoms with Crippen molar-refractivity contribution in [1.82, 2.24) is 9.13 Å². The molecule has 9 heteroatoms. The van der Waals surface area contributed by atoms with Gasteiger partial charge in [0.15, 0.2) is 0 Å². The summed E-state index contributed by atoms with van der Waals surface area (Å²) in [6, 6.07) is 14.9. The molecule has 0 aliphatic rings. The van der Waals surface area contributed by atoms with E-state index in [0.717, 1.165) is 4.57 Å². The summed E-state index contributed by atoms with van der Waals surface area (Å²) in [4.78, 5) is 38.7. The van der Waals surface area contributed by atoms with Crippen molar-refractivity contribution < 1.29 is 9.53 Å². The molecule has 2 aromatic heterocycles. The Hall–Kier alpha value is -3.36. The molecule has 0 aliphatic carbocycles. The highest BCUT2D eigenvalue weighted by Crippen LogP contribution is 2.18. The molecule has 0 aliphatic heterocycles. The Morgan fingerprint density at radius 2 is 1.77 bits per heavy atom. The van der Waals surface area contributed by atoms with Crippen LogP contribution in [0.25, 0.3) is 15.9 Å². The van der Waals surface area contributed by atoms with Crippen molar-refractivity contribution in [2.24, 2.45) is 0 Å². The van der Waals surface area contributed by atoms with E-state index >= 15 is 0 Å². The number of amides is 1. The van der Waals surface area contributed by atoms with E-state index in [9.17, 15) is 14.4 Å². The van der Waals surface area contributed by atoms with Crippen LogP contribution in [0, 0.1) is 0 Å². The van der Waals surface area contributed by atoms with Crippen molar-refractivity contribution >= 4 is 44.7 Å². The minimum Gasteiger partial charge on any atom is -0.497 e. The zero-order valence-corrected chi connectivity index (χ0v) is 17.4. The number of aromatic nitrogens is 2. The lowest BCUT2D eigenvalue weighted by molar-refractivity contribution is -0.116. The smallest absolute Gasteiger partial charge is 0.336 e. The number of benzene rings is 2. The Morgan fingerprint density at radius 1 is 1.07 bits per heavy atom. The van der Waals surface area contributed by atoms with Gasteiger partial charge in [-0.25, -0.2) is 9.36 Å². The molecule has 4 aromatic rings. The summed E-state index contributed by atoms with van der Waals surface area (Å²) >= 11 is 7.14. The van der Waals surface area contributed by atoms with Gasteiger partial charge in [0.05, 0.1) is 18.3 Å². The zero-order chi connectivity index (χ0) is 21.3. The van der Waals surface area contributed by atoms with Crippen LogP contribution >= 0.6 is 22.9 Å². The average Bonchev–Trinajstić information content (AvgIpc) is 3.23. The number of carbonyl (C=O) groups is 1. The minimum absolute atomic E-state index is 0.244. The van der Waals surface area contributed by atoms with Gasteiger partial charge in [0, 0.05) is 10.7 Å². The number of nitrogens with zero attached hydrogens (tertiary/aromatic N) is 2. The van der Waals surface area contributed by atoms with Crippen molar-refractivity contribution in [3.63, 3.8) is 0 Å². The van der Waals surface area contributed by atoms with Crippen LogP contribution in [0.1, 0.15) is 0 Å². The first kappa shape index (κ1) is 19.9. The molecule has 0 saturated heterocycles. The SMILES string of the molecule is COc1ccc(NC(=O)Cn2c(=O)n(-c3ccc(Cl)cc3)c(=O)c3sccc32)cc1. The van der Waals surface area contributed by atoms with Crippen LogP contribution in [0.3, 0.4) is 0 Å². The highest BCUT2D eigenvalue weighted by molar-refractivity contribution is 7.17. The summed E-state index contributed by atoms with van der Waals surface area (Å²) in [5.74, 6) is 0.273. The molecule has 30 heavy (non-hydrogen) atoms. The van der Waals surface area contributed by atoms with Gasteiger partial charge in [-0.15, -0.1) is 11.3 Å². The molecule has 152 valence electrons. The van der Waals surface area contributed by atoms with Crippen LogP contribution in [0.5, 0.6) is 5.75 Å². The Morgan fingerprint density at radius 3 is 2.43 bits per heavy atom. The second-order valence-corrected chi connectivity index (χ2v) is 7.75. The van der Waals surface area contributed by atoms with E-state index in [4.69, 9.17) is 16.3 Å². The maximum atomic E-state index is 13.2. The minimum atomic E-state index is -0.599. The van der Waals surface area contributed by atoms with Gasteiger partial charge in [0.1, 0.15) is 17.0 Å². The predicted octanol–water partition coefficient (Wildman–Crippen LogP) is 3.51. The van der Waals surface area contributed by atoms with Gasteiger partial charge in [-0.2, -0.15) is 0 Å². The van der Waals surface area contributed by atoms with Gasteiger partial charge in [-0.05, 0) is 60.0 Å². The lowest BCUT2D eigenvalue weighted by Gasteiger charge is -2.13. The van der Waals surface area contributed by atoms with Crippen molar-refractivity contribution in [3.05, 3.63) is 85.8 Å². The number of carbonyl (C=O) groups excluding carboxylic acids is 1. The number of methoxy groups -OCH3 is 1. The second-order valence-electron chi connectivity index (χ2n) is 6.40. The molecule has 0 unspecified atom stereocenters. The lowest BCUT2D eigenvalue weighted by atomic mass is 10.3. The fourth-order valence-electron chi connectivity index (χ4n) is 3.08. The highest BCUT2D eigenvalue weighted by Gasteiger charge is 2.17. The number of ether oxygens (including phenoxy) is 1. The second kappa shape index (κ2) is 8.17. The van der Waals surface area contributed by atoms with Gasteiger partial charge in [0.2, 0.25) is 5.91 Å². The highest BCUT2D eigenvalue weighted by atomic mass is 35.5. The summed E-state index contributed by atoms with van der Waals surface area (Å²) in [5, 5.41) is 4.96. The van der Waals surface area contributed by atoms with E-state index in [2.05, 4.69) is 5.32 Å². The number of fused-ring (bicyclic) bond motifs is 1. The molecule has 1 amide bonds.